The van der Waals surface area contributed by atoms with Crippen molar-refractivity contribution < 1.29 is 0 Å². The van der Waals surface area contributed by atoms with E-state index in [9.17, 15) is 0 Å². The first-order valence-corrected chi connectivity index (χ1v) is 9.13. The van der Waals surface area contributed by atoms with Crippen LogP contribution in [0, 0.1) is 13.8 Å². The lowest BCUT2D eigenvalue weighted by Gasteiger charge is -2.35. The zero-order valence-electron chi connectivity index (χ0n) is 15.6. The second-order valence-electron chi connectivity index (χ2n) is 6.81. The second-order valence-corrected chi connectivity index (χ2v) is 6.81. The molecule has 0 bridgehead atoms. The van der Waals surface area contributed by atoms with Crippen molar-refractivity contribution in [1.82, 2.24) is 20.2 Å². The van der Waals surface area contributed by atoms with Crippen molar-refractivity contribution in [2.75, 3.05) is 41.3 Å². The summed E-state index contributed by atoms with van der Waals surface area (Å²) >= 11 is 0. The molecule has 0 aliphatic carbocycles. The van der Waals surface area contributed by atoms with Gasteiger partial charge < -0.3 is 15.1 Å². The van der Waals surface area contributed by atoms with Gasteiger partial charge in [0.25, 0.3) is 0 Å². The fourth-order valence-electron chi connectivity index (χ4n) is 3.36. The molecule has 0 spiro atoms. The van der Waals surface area contributed by atoms with Gasteiger partial charge in [0.1, 0.15) is 5.82 Å². The summed E-state index contributed by atoms with van der Waals surface area (Å²) in [7, 11) is 0. The Morgan fingerprint density at radius 3 is 2.37 bits per heavy atom. The number of hydrogen-bond donors (Lipinski definition) is 1. The number of nitrogens with one attached hydrogen (secondary N) is 1. The molecule has 0 radical (unpaired) electrons. The summed E-state index contributed by atoms with van der Waals surface area (Å²) in [5.41, 5.74) is 3.44. The second kappa shape index (κ2) is 7.57. The average Bonchev–Trinajstić information content (AvgIpc) is 2.68. The molecular weight excluding hydrogens is 338 g/mol. The molecule has 4 rings (SSSR count). The molecular formula is C20H23N7. The molecule has 1 saturated heterocycles. The van der Waals surface area contributed by atoms with E-state index in [4.69, 9.17) is 0 Å². The molecule has 0 amide bonds. The summed E-state index contributed by atoms with van der Waals surface area (Å²) in [6.45, 7) is 7.62. The highest BCUT2D eigenvalue weighted by atomic mass is 15.4. The van der Waals surface area contributed by atoms with Crippen molar-refractivity contribution >= 4 is 23.3 Å². The molecule has 1 aliphatic heterocycles. The van der Waals surface area contributed by atoms with Crippen LogP contribution in [0.25, 0.3) is 0 Å². The third kappa shape index (κ3) is 4.13. The molecule has 0 saturated carbocycles. The van der Waals surface area contributed by atoms with Crippen molar-refractivity contribution in [2.45, 2.75) is 13.8 Å². The van der Waals surface area contributed by atoms with Crippen LogP contribution in [-0.2, 0) is 0 Å². The van der Waals surface area contributed by atoms with E-state index in [0.717, 1.165) is 37.7 Å². The highest BCUT2D eigenvalue weighted by molar-refractivity contribution is 5.58. The monoisotopic (exact) mass is 361 g/mol. The minimum absolute atomic E-state index is 0.657. The summed E-state index contributed by atoms with van der Waals surface area (Å²) in [5.74, 6) is 2.38. The predicted molar refractivity (Wildman–Crippen MR) is 108 cm³/mol. The maximum Gasteiger partial charge on any atom is 0.247 e. The third-order valence-corrected chi connectivity index (χ3v) is 4.58. The van der Waals surface area contributed by atoms with Gasteiger partial charge in [-0.2, -0.15) is 10.1 Å². The van der Waals surface area contributed by atoms with Crippen molar-refractivity contribution in [3.63, 3.8) is 0 Å². The Morgan fingerprint density at radius 1 is 0.926 bits per heavy atom. The van der Waals surface area contributed by atoms with Crippen LogP contribution in [-0.4, -0.2) is 46.3 Å². The number of nitrogens with zero attached hydrogens (tertiary/aromatic N) is 6. The maximum absolute atomic E-state index is 4.66. The topological polar surface area (TPSA) is 70.1 Å². The van der Waals surface area contributed by atoms with Crippen LogP contribution < -0.4 is 15.1 Å². The van der Waals surface area contributed by atoms with Gasteiger partial charge in [-0.25, -0.2) is 4.98 Å². The van der Waals surface area contributed by atoms with Gasteiger partial charge in [-0.05, 0) is 49.2 Å². The number of aromatic nitrogens is 4. The summed E-state index contributed by atoms with van der Waals surface area (Å²) in [6.07, 6.45) is 3.49. The Kier molecular flexibility index (Phi) is 4.82. The highest BCUT2D eigenvalue weighted by Gasteiger charge is 2.20. The molecule has 7 nitrogen and oxygen atoms in total. The largest absolute Gasteiger partial charge is 0.353 e. The smallest absolute Gasteiger partial charge is 0.247 e. The van der Waals surface area contributed by atoms with E-state index >= 15 is 0 Å². The Hall–Kier alpha value is -3.22. The fourth-order valence-corrected chi connectivity index (χ4v) is 3.36. The number of benzene rings is 1. The SMILES string of the molecule is Cc1cc(C)cc(Nc2cnnc(N3CCN(c4ccccn4)CC3)n2)c1. The third-order valence-electron chi connectivity index (χ3n) is 4.58. The summed E-state index contributed by atoms with van der Waals surface area (Å²) in [5, 5.41) is 11.7. The Balaban J connectivity index is 1.44. The maximum atomic E-state index is 4.66. The molecule has 3 heterocycles. The fraction of sp³-hybridized carbons (Fsp3) is 0.300. The van der Waals surface area contributed by atoms with E-state index in [0.29, 0.717) is 11.8 Å². The average molecular weight is 361 g/mol. The Morgan fingerprint density at radius 2 is 1.67 bits per heavy atom. The molecule has 3 aromatic rings. The van der Waals surface area contributed by atoms with Gasteiger partial charge in [0.2, 0.25) is 5.95 Å². The molecule has 138 valence electrons. The molecule has 1 aliphatic rings. The molecule has 1 fully saturated rings. The van der Waals surface area contributed by atoms with Crippen LogP contribution in [0.1, 0.15) is 11.1 Å². The van der Waals surface area contributed by atoms with E-state index in [1.807, 2.05) is 24.4 Å². The minimum atomic E-state index is 0.657. The van der Waals surface area contributed by atoms with E-state index < -0.39 is 0 Å². The number of aryl methyl sites for hydroxylation is 2. The van der Waals surface area contributed by atoms with Gasteiger partial charge in [0.05, 0.1) is 6.20 Å². The van der Waals surface area contributed by atoms with Crippen molar-refractivity contribution in [3.8, 4) is 0 Å². The van der Waals surface area contributed by atoms with E-state index in [1.165, 1.54) is 11.1 Å². The van der Waals surface area contributed by atoms with Crippen LogP contribution in [0.15, 0.2) is 48.8 Å². The number of anilines is 4. The van der Waals surface area contributed by atoms with Crippen LogP contribution in [0.5, 0.6) is 0 Å². The summed E-state index contributed by atoms with van der Waals surface area (Å²) in [6, 6.07) is 12.3. The number of piperazine rings is 1. The Bertz CT molecular complexity index is 885. The van der Waals surface area contributed by atoms with Gasteiger partial charge in [-0.1, -0.05) is 12.1 Å². The van der Waals surface area contributed by atoms with Gasteiger partial charge in [0.15, 0.2) is 5.82 Å². The Labute approximate surface area is 159 Å². The van der Waals surface area contributed by atoms with Crippen LogP contribution in [0.4, 0.5) is 23.3 Å². The van der Waals surface area contributed by atoms with E-state index in [-0.39, 0.29) is 0 Å². The van der Waals surface area contributed by atoms with Gasteiger partial charge in [0, 0.05) is 38.1 Å². The first-order valence-electron chi connectivity index (χ1n) is 9.13. The highest BCUT2D eigenvalue weighted by Crippen LogP contribution is 2.20. The molecule has 7 heteroatoms. The number of rotatable bonds is 4. The molecule has 0 unspecified atom stereocenters. The summed E-state index contributed by atoms with van der Waals surface area (Å²) in [4.78, 5) is 13.5. The zero-order valence-corrected chi connectivity index (χ0v) is 15.6. The normalized spacial score (nSPS) is 14.3. The lowest BCUT2D eigenvalue weighted by molar-refractivity contribution is 0.630. The quantitative estimate of drug-likeness (QED) is 0.766. The number of pyridine rings is 1. The standard InChI is InChI=1S/C20H23N7/c1-15-11-16(2)13-17(12-15)23-18-14-22-25-20(24-18)27-9-7-26(8-10-27)19-5-3-4-6-21-19/h3-6,11-14H,7-10H2,1-2H3,(H,23,24,25). The molecule has 1 aromatic carbocycles. The molecule has 2 aromatic heterocycles. The van der Waals surface area contributed by atoms with E-state index in [2.05, 4.69) is 67.3 Å². The minimum Gasteiger partial charge on any atom is -0.353 e. The van der Waals surface area contributed by atoms with Crippen molar-refractivity contribution in [1.29, 1.82) is 0 Å². The van der Waals surface area contributed by atoms with Gasteiger partial charge in [-0.15, -0.1) is 5.10 Å². The van der Waals surface area contributed by atoms with Crippen LogP contribution >= 0.6 is 0 Å². The first kappa shape index (κ1) is 17.2. The first-order chi connectivity index (χ1) is 13.2. The lowest BCUT2D eigenvalue weighted by atomic mass is 10.1. The van der Waals surface area contributed by atoms with Gasteiger partial charge >= 0.3 is 0 Å². The molecule has 27 heavy (non-hydrogen) atoms. The lowest BCUT2D eigenvalue weighted by Crippen LogP contribution is -2.47. The van der Waals surface area contributed by atoms with Gasteiger partial charge in [-0.3, -0.25) is 0 Å². The summed E-state index contributed by atoms with van der Waals surface area (Å²) < 4.78 is 0. The number of hydrogen-bond acceptors (Lipinski definition) is 7. The van der Waals surface area contributed by atoms with E-state index in [1.54, 1.807) is 6.20 Å². The van der Waals surface area contributed by atoms with Crippen LogP contribution in [0.2, 0.25) is 0 Å². The zero-order chi connectivity index (χ0) is 18.6. The molecule has 1 N–H and O–H groups in total. The molecule has 0 atom stereocenters. The van der Waals surface area contributed by atoms with Crippen molar-refractivity contribution in [2.24, 2.45) is 0 Å². The van der Waals surface area contributed by atoms with Crippen LogP contribution in [0.3, 0.4) is 0 Å². The predicted octanol–water partition coefficient (Wildman–Crippen LogP) is 2.95. The van der Waals surface area contributed by atoms with Crippen molar-refractivity contribution in [3.05, 3.63) is 59.9 Å².